The van der Waals surface area contributed by atoms with Crippen molar-refractivity contribution in [3.8, 4) is 0 Å². The zero-order valence-corrected chi connectivity index (χ0v) is 15.6. The van der Waals surface area contributed by atoms with Crippen molar-refractivity contribution in [2.24, 2.45) is 4.99 Å². The van der Waals surface area contributed by atoms with Gasteiger partial charge in [-0.15, -0.1) is 0 Å². The molecular formula is C25H24N2. The molecule has 5 rings (SSSR count). The van der Waals surface area contributed by atoms with Gasteiger partial charge < -0.3 is 0 Å². The third kappa shape index (κ3) is 2.91. The van der Waals surface area contributed by atoms with Crippen LogP contribution in [0.5, 0.6) is 0 Å². The van der Waals surface area contributed by atoms with E-state index in [1.165, 1.54) is 44.7 Å². The van der Waals surface area contributed by atoms with Crippen LogP contribution in [0.2, 0.25) is 0 Å². The highest BCUT2D eigenvalue weighted by Crippen LogP contribution is 2.37. The summed E-state index contributed by atoms with van der Waals surface area (Å²) in [6.45, 7) is 2.24. The predicted molar refractivity (Wildman–Crippen MR) is 116 cm³/mol. The normalized spacial score (nSPS) is 17.6. The van der Waals surface area contributed by atoms with Crippen LogP contribution >= 0.6 is 0 Å². The minimum Gasteiger partial charge on any atom is -0.260 e. The fraction of sp³-hybridized carbons (Fsp3) is 0.200. The molecule has 0 saturated heterocycles. The van der Waals surface area contributed by atoms with Crippen molar-refractivity contribution in [2.75, 3.05) is 0 Å². The summed E-state index contributed by atoms with van der Waals surface area (Å²) < 4.78 is 0. The van der Waals surface area contributed by atoms with Gasteiger partial charge in [0.05, 0.1) is 11.4 Å². The molecule has 0 atom stereocenters. The van der Waals surface area contributed by atoms with Gasteiger partial charge in [0.15, 0.2) is 0 Å². The maximum atomic E-state index is 4.79. The van der Waals surface area contributed by atoms with Crippen molar-refractivity contribution in [1.82, 2.24) is 4.98 Å². The van der Waals surface area contributed by atoms with E-state index in [4.69, 9.17) is 4.98 Å². The number of hydrogen-bond donors (Lipinski definition) is 0. The number of benzene rings is 1. The topological polar surface area (TPSA) is 25.2 Å². The second-order valence-electron chi connectivity index (χ2n) is 7.43. The second kappa shape index (κ2) is 6.62. The molecule has 27 heavy (non-hydrogen) atoms. The van der Waals surface area contributed by atoms with Crippen LogP contribution < -0.4 is 0 Å². The Morgan fingerprint density at radius 2 is 2.00 bits per heavy atom. The van der Waals surface area contributed by atoms with Gasteiger partial charge in [0.1, 0.15) is 0 Å². The summed E-state index contributed by atoms with van der Waals surface area (Å²) in [4.78, 5) is 9.32. The van der Waals surface area contributed by atoms with Crippen molar-refractivity contribution < 1.29 is 1.43 Å². The number of aliphatic imine (C=N–C) groups is 1. The summed E-state index contributed by atoms with van der Waals surface area (Å²) in [5.74, 6) is 0. The van der Waals surface area contributed by atoms with Gasteiger partial charge >= 0.3 is 0 Å². The molecule has 0 fully saturated rings. The van der Waals surface area contributed by atoms with E-state index >= 15 is 0 Å². The second-order valence-corrected chi connectivity index (χ2v) is 7.43. The van der Waals surface area contributed by atoms with Crippen LogP contribution in [0, 0.1) is 0 Å². The van der Waals surface area contributed by atoms with E-state index in [9.17, 15) is 0 Å². The Labute approximate surface area is 161 Å². The summed E-state index contributed by atoms with van der Waals surface area (Å²) in [6, 6.07) is 8.96. The van der Waals surface area contributed by atoms with Gasteiger partial charge in [-0.2, -0.15) is 0 Å². The highest BCUT2D eigenvalue weighted by molar-refractivity contribution is 5.88. The quantitative estimate of drug-likeness (QED) is 0.627. The summed E-state index contributed by atoms with van der Waals surface area (Å²) >= 11 is 0. The van der Waals surface area contributed by atoms with Gasteiger partial charge in [0.25, 0.3) is 0 Å². The van der Waals surface area contributed by atoms with Crippen LogP contribution in [0.25, 0.3) is 11.1 Å². The lowest BCUT2D eigenvalue weighted by molar-refractivity contribution is 0.966. The van der Waals surface area contributed by atoms with Gasteiger partial charge in [-0.1, -0.05) is 35.9 Å². The molecule has 2 heterocycles. The zero-order valence-electron chi connectivity index (χ0n) is 15.6. The van der Waals surface area contributed by atoms with Crippen LogP contribution in [0.15, 0.2) is 71.4 Å². The molecule has 2 heteroatoms. The first-order valence-electron chi connectivity index (χ1n) is 9.68. The van der Waals surface area contributed by atoms with Crippen LogP contribution in [0.3, 0.4) is 0 Å². The molecule has 3 aliphatic rings. The molecule has 2 nitrogen and oxygen atoms in total. The Bertz CT molecular complexity index is 1080. The number of aromatic nitrogens is 1. The molecule has 0 radical (unpaired) electrons. The molecule has 1 aromatic carbocycles. The molecule has 0 unspecified atom stereocenters. The number of pyridine rings is 1. The van der Waals surface area contributed by atoms with Gasteiger partial charge in [-0.25, -0.2) is 0 Å². The fourth-order valence-electron chi connectivity index (χ4n) is 4.16. The Kier molecular flexibility index (Phi) is 3.97. The largest absolute Gasteiger partial charge is 0.260 e. The van der Waals surface area contributed by atoms with Crippen molar-refractivity contribution in [3.63, 3.8) is 0 Å². The Morgan fingerprint density at radius 1 is 1.04 bits per heavy atom. The molecule has 0 spiro atoms. The third-order valence-corrected chi connectivity index (χ3v) is 5.67. The average Bonchev–Trinajstić information content (AvgIpc) is 2.97. The van der Waals surface area contributed by atoms with Gasteiger partial charge in [0, 0.05) is 31.4 Å². The average molecular weight is 352 g/mol. The number of fused-ring (bicyclic) bond motifs is 2. The fourth-order valence-corrected chi connectivity index (χ4v) is 4.16. The van der Waals surface area contributed by atoms with Crippen molar-refractivity contribution in [2.45, 2.75) is 32.6 Å². The zero-order chi connectivity index (χ0) is 18.2. The molecule has 1 aromatic heterocycles. The minimum absolute atomic E-state index is 0. The molecule has 0 amide bonds. The molecule has 1 aliphatic heterocycles. The lowest BCUT2D eigenvalue weighted by Crippen LogP contribution is -1.97. The van der Waals surface area contributed by atoms with E-state index < -0.39 is 0 Å². The summed E-state index contributed by atoms with van der Waals surface area (Å²) in [5.41, 5.74) is 11.4. The van der Waals surface area contributed by atoms with Crippen molar-refractivity contribution in [1.29, 1.82) is 0 Å². The number of nitrogens with zero attached hydrogens (tertiary/aromatic N) is 2. The van der Waals surface area contributed by atoms with Gasteiger partial charge in [0.2, 0.25) is 0 Å². The first-order chi connectivity index (χ1) is 13.3. The monoisotopic (exact) mass is 352 g/mol. The minimum atomic E-state index is 0. The van der Waals surface area contributed by atoms with Crippen molar-refractivity contribution in [3.05, 3.63) is 94.4 Å². The number of allylic oxidation sites excluding steroid dienone is 7. The van der Waals surface area contributed by atoms with Gasteiger partial charge in [-0.3, -0.25) is 9.98 Å². The van der Waals surface area contributed by atoms with Gasteiger partial charge in [-0.05, 0) is 72.7 Å². The lowest BCUT2D eigenvalue weighted by atomic mass is 9.91. The van der Waals surface area contributed by atoms with E-state index in [-0.39, 0.29) is 1.43 Å². The SMILES string of the molecule is CC1=C(c2cnc3c(c2)C(c2ccc4c(c2)CC=CC=N4)=CC3)C=CCC1.[HH]. The Balaban J connectivity index is 0.00000192. The van der Waals surface area contributed by atoms with E-state index in [1.807, 2.05) is 18.5 Å². The molecular weight excluding hydrogens is 328 g/mol. The van der Waals surface area contributed by atoms with Crippen LogP contribution in [0.4, 0.5) is 5.69 Å². The van der Waals surface area contributed by atoms with E-state index in [0.29, 0.717) is 0 Å². The standard InChI is InChI=1S/C25H22N2.H2/c1-17-6-2-3-8-21(17)20-15-23-22(10-12-25(23)27-16-20)18-9-11-24-19(14-18)7-4-5-13-26-24;/h3-5,8-11,13-16H,2,6-7,12H2,1H3;1H. The molecule has 2 aromatic rings. The molecule has 0 N–H and O–H groups in total. The lowest BCUT2D eigenvalue weighted by Gasteiger charge is -2.15. The predicted octanol–water partition coefficient (Wildman–Crippen LogP) is 6.25. The van der Waals surface area contributed by atoms with E-state index in [0.717, 1.165) is 31.4 Å². The third-order valence-electron chi connectivity index (χ3n) is 5.67. The number of rotatable bonds is 2. The van der Waals surface area contributed by atoms with E-state index in [1.54, 1.807) is 0 Å². The highest BCUT2D eigenvalue weighted by atomic mass is 14.7. The summed E-state index contributed by atoms with van der Waals surface area (Å²) in [6.07, 6.45) is 19.1. The molecule has 134 valence electrons. The van der Waals surface area contributed by atoms with Crippen LogP contribution in [0.1, 0.15) is 49.1 Å². The molecule has 2 aliphatic carbocycles. The molecule has 0 bridgehead atoms. The van der Waals surface area contributed by atoms with Crippen LogP contribution in [-0.2, 0) is 12.8 Å². The first kappa shape index (κ1) is 16.2. The summed E-state index contributed by atoms with van der Waals surface area (Å²) in [5, 5.41) is 0. The maximum Gasteiger partial charge on any atom is 0.0665 e. The highest BCUT2D eigenvalue weighted by Gasteiger charge is 2.19. The summed E-state index contributed by atoms with van der Waals surface area (Å²) in [7, 11) is 0. The number of hydrogen-bond acceptors (Lipinski definition) is 2. The van der Waals surface area contributed by atoms with E-state index in [2.05, 4.69) is 60.5 Å². The Hall–Kier alpha value is -3.00. The smallest absolute Gasteiger partial charge is 0.0665 e. The maximum absolute atomic E-state index is 4.79. The Morgan fingerprint density at radius 3 is 2.93 bits per heavy atom. The van der Waals surface area contributed by atoms with Crippen LogP contribution in [-0.4, -0.2) is 11.2 Å². The van der Waals surface area contributed by atoms with Crippen molar-refractivity contribution >= 4 is 23.0 Å². The first-order valence-corrected chi connectivity index (χ1v) is 9.68. The molecule has 0 saturated carbocycles.